The van der Waals surface area contributed by atoms with E-state index in [-0.39, 0.29) is 11.9 Å². The predicted octanol–water partition coefficient (Wildman–Crippen LogP) is 4.73. The van der Waals surface area contributed by atoms with E-state index in [1.165, 1.54) is 0 Å². The molecule has 0 aliphatic carbocycles. The summed E-state index contributed by atoms with van der Waals surface area (Å²) in [5.74, 6) is 2.38. The molecule has 0 radical (unpaired) electrons. The van der Waals surface area contributed by atoms with Crippen molar-refractivity contribution in [2.45, 2.75) is 32.2 Å². The van der Waals surface area contributed by atoms with Crippen LogP contribution in [0.2, 0.25) is 0 Å². The summed E-state index contributed by atoms with van der Waals surface area (Å²) in [6.45, 7) is 3.28. The van der Waals surface area contributed by atoms with Crippen molar-refractivity contribution in [2.75, 3.05) is 27.4 Å². The van der Waals surface area contributed by atoms with Crippen LogP contribution in [-0.2, 0) is 4.79 Å². The van der Waals surface area contributed by atoms with E-state index in [9.17, 15) is 4.79 Å². The van der Waals surface area contributed by atoms with Crippen LogP contribution in [0.5, 0.6) is 17.2 Å². The molecule has 0 unspecified atom stereocenters. The van der Waals surface area contributed by atoms with Gasteiger partial charge in [-0.05, 0) is 55.7 Å². The molecular formula is C27H29N3O4. The summed E-state index contributed by atoms with van der Waals surface area (Å²) < 4.78 is 18.8. The quantitative estimate of drug-likeness (QED) is 0.516. The van der Waals surface area contributed by atoms with E-state index < -0.39 is 0 Å². The van der Waals surface area contributed by atoms with Gasteiger partial charge in [-0.1, -0.05) is 6.07 Å². The number of fused-ring (bicyclic) bond motifs is 1. The Kier molecular flexibility index (Phi) is 6.01. The number of amides is 1. The van der Waals surface area contributed by atoms with Crippen molar-refractivity contribution < 1.29 is 19.0 Å². The molecule has 1 fully saturated rings. The minimum absolute atomic E-state index is 0.00671. The fraction of sp³-hybridized carbons (Fsp3) is 0.333. The first-order valence-electron chi connectivity index (χ1n) is 11.6. The number of hydrogen-bond acceptors (Lipinski definition) is 5. The Labute approximate surface area is 199 Å². The second kappa shape index (κ2) is 9.25. The smallest absolute Gasteiger partial charge is 0.250 e. The topological polar surface area (TPSA) is 65.8 Å². The summed E-state index contributed by atoms with van der Waals surface area (Å²) in [5.41, 5.74) is 4.66. The van der Waals surface area contributed by atoms with Gasteiger partial charge in [0.15, 0.2) is 0 Å². The molecule has 3 heterocycles. The van der Waals surface area contributed by atoms with E-state index in [0.717, 1.165) is 71.1 Å². The Hall–Kier alpha value is -3.74. The highest BCUT2D eigenvalue weighted by molar-refractivity contribution is 5.99. The Morgan fingerprint density at radius 1 is 1.15 bits per heavy atom. The molecule has 34 heavy (non-hydrogen) atoms. The number of imidazole rings is 1. The summed E-state index contributed by atoms with van der Waals surface area (Å²) in [6, 6.07) is 11.9. The van der Waals surface area contributed by atoms with E-state index in [4.69, 9.17) is 14.2 Å². The summed E-state index contributed by atoms with van der Waals surface area (Å²) >= 11 is 0. The second-order valence-electron chi connectivity index (χ2n) is 8.68. The van der Waals surface area contributed by atoms with Crippen molar-refractivity contribution in [3.8, 4) is 22.9 Å². The standard InChI is InChI=1S/C27H29N3O4/c1-18-16-29(17-28-18)24-9-6-19(14-26(24)33-3)13-20-5-4-11-30(27(20)31)23-10-12-34-25-15-21(32-2)7-8-22(23)25/h6-9,13-17,23H,4-5,10-12H2,1-3H3/b20-13+/t23-/m0/s1. The van der Waals surface area contributed by atoms with Gasteiger partial charge in [0.05, 0.1) is 44.6 Å². The molecule has 0 saturated carbocycles. The number of nitrogens with zero attached hydrogens (tertiary/aromatic N) is 3. The number of likely N-dealkylation sites (tertiary alicyclic amines) is 1. The van der Waals surface area contributed by atoms with Crippen molar-refractivity contribution in [1.29, 1.82) is 0 Å². The predicted molar refractivity (Wildman–Crippen MR) is 130 cm³/mol. The molecule has 5 rings (SSSR count). The lowest BCUT2D eigenvalue weighted by Crippen LogP contribution is -2.41. The van der Waals surface area contributed by atoms with Gasteiger partial charge in [0, 0.05) is 36.4 Å². The van der Waals surface area contributed by atoms with E-state index in [1.54, 1.807) is 20.5 Å². The highest BCUT2D eigenvalue weighted by atomic mass is 16.5. The van der Waals surface area contributed by atoms with Crippen LogP contribution in [0.25, 0.3) is 11.8 Å². The van der Waals surface area contributed by atoms with Gasteiger partial charge in [-0.2, -0.15) is 0 Å². The molecule has 176 valence electrons. The number of aromatic nitrogens is 2. The van der Waals surface area contributed by atoms with Gasteiger partial charge in [-0.15, -0.1) is 0 Å². The molecule has 2 aliphatic rings. The summed E-state index contributed by atoms with van der Waals surface area (Å²) in [7, 11) is 3.30. The maximum Gasteiger partial charge on any atom is 0.250 e. The first-order chi connectivity index (χ1) is 16.6. The number of hydrogen-bond donors (Lipinski definition) is 0. The Balaban J connectivity index is 1.42. The Bertz CT molecular complexity index is 1250. The average Bonchev–Trinajstić information content (AvgIpc) is 3.30. The lowest BCUT2D eigenvalue weighted by molar-refractivity contribution is -0.131. The maximum absolute atomic E-state index is 13.6. The van der Waals surface area contributed by atoms with Gasteiger partial charge < -0.3 is 23.7 Å². The second-order valence-corrected chi connectivity index (χ2v) is 8.68. The molecule has 1 aromatic heterocycles. The number of carbonyl (C=O) groups is 1. The van der Waals surface area contributed by atoms with Gasteiger partial charge in [0.2, 0.25) is 5.91 Å². The zero-order chi connectivity index (χ0) is 23.7. The van der Waals surface area contributed by atoms with Crippen LogP contribution < -0.4 is 14.2 Å². The van der Waals surface area contributed by atoms with Crippen molar-refractivity contribution in [1.82, 2.24) is 14.5 Å². The summed E-state index contributed by atoms with van der Waals surface area (Å²) in [5, 5.41) is 0. The highest BCUT2D eigenvalue weighted by Crippen LogP contribution is 2.40. The zero-order valence-corrected chi connectivity index (χ0v) is 19.8. The fourth-order valence-corrected chi connectivity index (χ4v) is 4.82. The Morgan fingerprint density at radius 2 is 2.03 bits per heavy atom. The molecule has 0 bridgehead atoms. The van der Waals surface area contributed by atoms with Crippen molar-refractivity contribution in [2.24, 2.45) is 0 Å². The first-order valence-corrected chi connectivity index (χ1v) is 11.6. The lowest BCUT2D eigenvalue weighted by Gasteiger charge is -2.38. The average molecular weight is 460 g/mol. The van der Waals surface area contributed by atoms with E-state index in [1.807, 2.05) is 65.1 Å². The minimum Gasteiger partial charge on any atom is -0.497 e. The normalized spacial score (nSPS) is 19.0. The number of rotatable bonds is 5. The molecule has 7 heteroatoms. The fourth-order valence-electron chi connectivity index (χ4n) is 4.82. The molecule has 2 aromatic carbocycles. The molecule has 7 nitrogen and oxygen atoms in total. The molecule has 0 spiro atoms. The van der Waals surface area contributed by atoms with Crippen molar-refractivity contribution in [3.63, 3.8) is 0 Å². The maximum atomic E-state index is 13.6. The molecule has 0 N–H and O–H groups in total. The van der Waals surface area contributed by atoms with Crippen LogP contribution in [0.1, 0.15) is 42.1 Å². The third kappa shape index (κ3) is 4.14. The van der Waals surface area contributed by atoms with Crippen molar-refractivity contribution >= 4 is 12.0 Å². The molecule has 2 aliphatic heterocycles. The Morgan fingerprint density at radius 3 is 2.79 bits per heavy atom. The SMILES string of the molecule is COc1ccc2c(c1)OCC[C@@H]2N1CCC/C(=C\c2ccc(-n3cnc(C)c3)c(OC)c2)C1=O. The highest BCUT2D eigenvalue weighted by Gasteiger charge is 2.34. The molecule has 1 amide bonds. The van der Waals surface area contributed by atoms with E-state index >= 15 is 0 Å². The number of carbonyl (C=O) groups excluding carboxylic acids is 1. The van der Waals surface area contributed by atoms with E-state index in [2.05, 4.69) is 4.98 Å². The van der Waals surface area contributed by atoms with E-state index in [0.29, 0.717) is 6.61 Å². The third-order valence-electron chi connectivity index (χ3n) is 6.52. The van der Waals surface area contributed by atoms with Crippen LogP contribution in [-0.4, -0.2) is 47.7 Å². The number of piperidine rings is 1. The lowest BCUT2D eigenvalue weighted by atomic mass is 9.93. The van der Waals surface area contributed by atoms with Crippen molar-refractivity contribution in [3.05, 3.63) is 71.3 Å². The minimum atomic E-state index is 0.00671. The largest absolute Gasteiger partial charge is 0.497 e. The zero-order valence-electron chi connectivity index (χ0n) is 19.8. The monoisotopic (exact) mass is 459 g/mol. The third-order valence-corrected chi connectivity index (χ3v) is 6.52. The number of ether oxygens (including phenoxy) is 3. The van der Waals surface area contributed by atoms with Crippen LogP contribution in [0.4, 0.5) is 0 Å². The van der Waals surface area contributed by atoms with Gasteiger partial charge in [-0.3, -0.25) is 4.79 Å². The number of benzene rings is 2. The summed E-state index contributed by atoms with van der Waals surface area (Å²) in [4.78, 5) is 19.9. The molecule has 1 saturated heterocycles. The van der Waals surface area contributed by atoms with Gasteiger partial charge in [0.25, 0.3) is 0 Å². The molecule has 1 atom stereocenters. The summed E-state index contributed by atoms with van der Waals surface area (Å²) in [6.07, 6.45) is 8.21. The number of aryl methyl sites for hydroxylation is 1. The number of methoxy groups -OCH3 is 2. The van der Waals surface area contributed by atoms with Gasteiger partial charge in [-0.25, -0.2) is 4.98 Å². The van der Waals surface area contributed by atoms with Crippen LogP contribution in [0.3, 0.4) is 0 Å². The van der Waals surface area contributed by atoms with Crippen LogP contribution in [0.15, 0.2) is 54.5 Å². The molecular weight excluding hydrogens is 430 g/mol. The van der Waals surface area contributed by atoms with Gasteiger partial charge >= 0.3 is 0 Å². The van der Waals surface area contributed by atoms with Crippen LogP contribution >= 0.6 is 0 Å². The van der Waals surface area contributed by atoms with Gasteiger partial charge in [0.1, 0.15) is 17.2 Å². The van der Waals surface area contributed by atoms with Crippen LogP contribution in [0, 0.1) is 6.92 Å². The first kappa shape index (κ1) is 22.1. The molecule has 3 aromatic rings.